The number of nitrogens with one attached hydrogen (secondary N) is 1. The highest BCUT2D eigenvalue weighted by Gasteiger charge is 2.06. The molecular weight excluding hydrogens is 292 g/mol. The van der Waals surface area contributed by atoms with Crippen LogP contribution in [-0.4, -0.2) is 32.8 Å². The smallest absolute Gasteiger partial charge is 0.282 e. The van der Waals surface area contributed by atoms with Gasteiger partial charge in [0.1, 0.15) is 5.82 Å². The third kappa shape index (κ3) is 3.89. The van der Waals surface area contributed by atoms with Gasteiger partial charge in [-0.05, 0) is 32.9 Å². The fraction of sp³-hybridized carbons (Fsp3) is 0.231. The molecular formula is C13H16N4O3S. The SMILES string of the molecule is Cc1ccc(S(=O)(=O)O)cc1.Cc1nc2cc(C)[nH]n2n1. The van der Waals surface area contributed by atoms with E-state index in [2.05, 4.69) is 15.2 Å². The summed E-state index contributed by atoms with van der Waals surface area (Å²) in [7, 11) is -4.02. The number of H-pyrrole nitrogens is 1. The van der Waals surface area contributed by atoms with Crippen molar-refractivity contribution in [1.29, 1.82) is 0 Å². The number of aryl methyl sites for hydroxylation is 3. The van der Waals surface area contributed by atoms with E-state index in [-0.39, 0.29) is 4.90 Å². The molecule has 0 fully saturated rings. The minimum absolute atomic E-state index is 0.0666. The Bertz CT molecular complexity index is 784. The summed E-state index contributed by atoms with van der Waals surface area (Å²) in [5, 5.41) is 7.11. The average molecular weight is 308 g/mol. The van der Waals surface area contributed by atoms with Gasteiger partial charge < -0.3 is 0 Å². The largest absolute Gasteiger partial charge is 0.294 e. The first-order valence-electron chi connectivity index (χ1n) is 6.19. The summed E-state index contributed by atoms with van der Waals surface area (Å²) in [6.45, 7) is 5.69. The van der Waals surface area contributed by atoms with E-state index in [0.29, 0.717) is 0 Å². The summed E-state index contributed by atoms with van der Waals surface area (Å²) < 4.78 is 31.2. The Hall–Kier alpha value is -2.19. The second kappa shape index (κ2) is 5.66. The number of benzene rings is 1. The molecule has 0 saturated heterocycles. The van der Waals surface area contributed by atoms with Crippen LogP contribution < -0.4 is 0 Å². The van der Waals surface area contributed by atoms with Gasteiger partial charge in [0, 0.05) is 11.8 Å². The minimum atomic E-state index is -4.02. The zero-order chi connectivity index (χ0) is 15.6. The van der Waals surface area contributed by atoms with Crippen LogP contribution in [0.1, 0.15) is 17.1 Å². The number of aromatic amines is 1. The zero-order valence-corrected chi connectivity index (χ0v) is 12.7. The number of hydrogen-bond donors (Lipinski definition) is 2. The van der Waals surface area contributed by atoms with Gasteiger partial charge in [-0.3, -0.25) is 9.65 Å². The fourth-order valence-electron chi connectivity index (χ4n) is 1.71. The highest BCUT2D eigenvalue weighted by atomic mass is 32.2. The molecule has 21 heavy (non-hydrogen) atoms. The molecule has 2 N–H and O–H groups in total. The molecule has 2 heterocycles. The van der Waals surface area contributed by atoms with E-state index in [1.165, 1.54) is 12.1 Å². The summed E-state index contributed by atoms with van der Waals surface area (Å²) in [6.07, 6.45) is 0. The van der Waals surface area contributed by atoms with Crippen molar-refractivity contribution >= 4 is 15.8 Å². The maximum absolute atomic E-state index is 10.5. The molecule has 0 radical (unpaired) electrons. The van der Waals surface area contributed by atoms with E-state index < -0.39 is 10.1 Å². The van der Waals surface area contributed by atoms with Crippen LogP contribution in [0, 0.1) is 20.8 Å². The van der Waals surface area contributed by atoms with Crippen molar-refractivity contribution in [2.75, 3.05) is 0 Å². The zero-order valence-electron chi connectivity index (χ0n) is 11.9. The van der Waals surface area contributed by atoms with E-state index in [4.69, 9.17) is 4.55 Å². The van der Waals surface area contributed by atoms with Crippen LogP contribution in [0.15, 0.2) is 35.2 Å². The molecule has 0 unspecified atom stereocenters. The predicted molar refractivity (Wildman–Crippen MR) is 77.8 cm³/mol. The van der Waals surface area contributed by atoms with Gasteiger partial charge in [0.2, 0.25) is 0 Å². The quantitative estimate of drug-likeness (QED) is 0.669. The lowest BCUT2D eigenvalue weighted by molar-refractivity contribution is 0.483. The van der Waals surface area contributed by atoms with Crippen LogP contribution in [0.5, 0.6) is 0 Å². The van der Waals surface area contributed by atoms with Crippen LogP contribution >= 0.6 is 0 Å². The van der Waals surface area contributed by atoms with E-state index >= 15 is 0 Å². The Kier molecular flexibility index (Phi) is 4.10. The van der Waals surface area contributed by atoms with Crippen LogP contribution in [0.4, 0.5) is 0 Å². The van der Waals surface area contributed by atoms with Crippen molar-refractivity contribution in [2.24, 2.45) is 0 Å². The monoisotopic (exact) mass is 308 g/mol. The van der Waals surface area contributed by atoms with Crippen molar-refractivity contribution in [3.63, 3.8) is 0 Å². The topological polar surface area (TPSA) is 100 Å². The second-order valence-electron chi connectivity index (χ2n) is 4.66. The van der Waals surface area contributed by atoms with E-state index in [1.54, 1.807) is 16.8 Å². The van der Waals surface area contributed by atoms with Crippen LogP contribution in [0.25, 0.3) is 5.65 Å². The Morgan fingerprint density at radius 3 is 2.29 bits per heavy atom. The third-order valence-electron chi connectivity index (χ3n) is 2.68. The van der Waals surface area contributed by atoms with E-state index in [0.717, 1.165) is 22.7 Å². The van der Waals surface area contributed by atoms with Crippen molar-refractivity contribution in [3.05, 3.63) is 47.4 Å². The van der Waals surface area contributed by atoms with E-state index in [1.807, 2.05) is 26.8 Å². The molecule has 2 aromatic heterocycles. The Morgan fingerprint density at radius 1 is 1.14 bits per heavy atom. The van der Waals surface area contributed by atoms with Gasteiger partial charge in [0.25, 0.3) is 10.1 Å². The maximum atomic E-state index is 10.5. The van der Waals surface area contributed by atoms with Crippen molar-refractivity contribution < 1.29 is 13.0 Å². The Labute approximate surface area is 122 Å². The van der Waals surface area contributed by atoms with Crippen molar-refractivity contribution in [2.45, 2.75) is 25.7 Å². The number of fused-ring (bicyclic) bond motifs is 1. The van der Waals surface area contributed by atoms with Gasteiger partial charge in [-0.2, -0.15) is 13.0 Å². The molecule has 3 aromatic rings. The first-order valence-corrected chi connectivity index (χ1v) is 7.63. The molecule has 0 spiro atoms. The molecule has 0 atom stereocenters. The molecule has 112 valence electrons. The number of rotatable bonds is 1. The van der Waals surface area contributed by atoms with Crippen LogP contribution in [0.3, 0.4) is 0 Å². The molecule has 0 aliphatic heterocycles. The van der Waals surface area contributed by atoms with Gasteiger partial charge >= 0.3 is 0 Å². The standard InChI is InChI=1S/C7H8O3S.C6H8N4/c1-6-2-4-7(5-3-6)11(8,9)10;1-4-3-6-7-5(2)9-10(6)8-4/h2-5H,1H3,(H,8,9,10);3,8H,1-2H3. The molecule has 0 aliphatic carbocycles. The van der Waals surface area contributed by atoms with Crippen molar-refractivity contribution in [3.8, 4) is 0 Å². The van der Waals surface area contributed by atoms with Gasteiger partial charge in [-0.15, -0.1) is 5.10 Å². The highest BCUT2D eigenvalue weighted by molar-refractivity contribution is 7.85. The molecule has 3 rings (SSSR count). The van der Waals surface area contributed by atoms with Crippen LogP contribution in [0.2, 0.25) is 0 Å². The summed E-state index contributed by atoms with van der Waals surface area (Å²) in [5.41, 5.74) is 2.92. The molecule has 1 aromatic carbocycles. The lowest BCUT2D eigenvalue weighted by atomic mass is 10.2. The average Bonchev–Trinajstić information content (AvgIpc) is 2.84. The summed E-state index contributed by atoms with van der Waals surface area (Å²) in [4.78, 5) is 4.09. The maximum Gasteiger partial charge on any atom is 0.294 e. The summed E-state index contributed by atoms with van der Waals surface area (Å²) in [5.74, 6) is 0.797. The summed E-state index contributed by atoms with van der Waals surface area (Å²) >= 11 is 0. The highest BCUT2D eigenvalue weighted by Crippen LogP contribution is 2.08. The number of hydrogen-bond acceptors (Lipinski definition) is 4. The van der Waals surface area contributed by atoms with Crippen LogP contribution in [-0.2, 0) is 10.1 Å². The fourth-order valence-corrected chi connectivity index (χ4v) is 2.19. The first kappa shape index (κ1) is 15.2. The minimum Gasteiger partial charge on any atom is -0.282 e. The van der Waals surface area contributed by atoms with Gasteiger partial charge in [0.15, 0.2) is 5.65 Å². The first-order chi connectivity index (χ1) is 9.75. The van der Waals surface area contributed by atoms with E-state index in [9.17, 15) is 8.42 Å². The molecule has 0 saturated carbocycles. The third-order valence-corrected chi connectivity index (χ3v) is 3.55. The van der Waals surface area contributed by atoms with Gasteiger partial charge in [0.05, 0.1) is 4.90 Å². The summed E-state index contributed by atoms with van der Waals surface area (Å²) in [6, 6.07) is 7.95. The number of aromatic nitrogens is 4. The second-order valence-corrected chi connectivity index (χ2v) is 6.08. The molecule has 8 heteroatoms. The molecule has 0 bridgehead atoms. The normalized spacial score (nSPS) is 11.2. The number of nitrogens with zero attached hydrogens (tertiary/aromatic N) is 3. The van der Waals surface area contributed by atoms with Crippen molar-refractivity contribution in [1.82, 2.24) is 19.8 Å². The predicted octanol–water partition coefficient (Wildman–Crippen LogP) is 1.92. The lowest BCUT2D eigenvalue weighted by Gasteiger charge is -1.95. The van der Waals surface area contributed by atoms with Gasteiger partial charge in [-0.25, -0.2) is 4.98 Å². The molecule has 7 nitrogen and oxygen atoms in total. The molecule has 0 aliphatic rings. The Balaban J connectivity index is 0.000000154. The molecule has 0 amide bonds. The Morgan fingerprint density at radius 2 is 1.76 bits per heavy atom. The van der Waals surface area contributed by atoms with Gasteiger partial charge in [-0.1, -0.05) is 17.7 Å². The lowest BCUT2D eigenvalue weighted by Crippen LogP contribution is -1.96.